The number of methoxy groups -OCH3 is 1. The van der Waals surface area contributed by atoms with Crippen molar-refractivity contribution in [2.24, 2.45) is 0 Å². The Bertz CT molecular complexity index is 323. The third kappa shape index (κ3) is 6.60. The number of benzene rings is 1. The summed E-state index contributed by atoms with van der Waals surface area (Å²) in [5, 5.41) is 0. The highest BCUT2D eigenvalue weighted by Gasteiger charge is 2.15. The lowest BCUT2D eigenvalue weighted by atomic mass is 10.3. The van der Waals surface area contributed by atoms with Crippen molar-refractivity contribution >= 4 is 32.6 Å². The average molecular weight is 277 g/mol. The number of hydrogen-bond donors (Lipinski definition) is 2. The van der Waals surface area contributed by atoms with Crippen LogP contribution in [-0.2, 0) is 4.57 Å². The van der Waals surface area contributed by atoms with Gasteiger partial charge >= 0.3 is 7.82 Å². The van der Waals surface area contributed by atoms with Crippen LogP contribution in [0, 0.1) is 0 Å². The van der Waals surface area contributed by atoms with Crippen LogP contribution >= 0.6 is 32.6 Å². The largest absolute Gasteiger partial charge is 0.524 e. The van der Waals surface area contributed by atoms with E-state index in [0.717, 1.165) is 0 Å². The van der Waals surface area contributed by atoms with Crippen LogP contribution in [0.4, 0.5) is 0 Å². The molecule has 0 atom stereocenters. The van der Waals surface area contributed by atoms with Crippen LogP contribution in [0.3, 0.4) is 0 Å². The summed E-state index contributed by atoms with van der Waals surface area (Å²) in [6.45, 7) is 0. The summed E-state index contributed by atoms with van der Waals surface area (Å²) >= 11 is 0. The van der Waals surface area contributed by atoms with E-state index in [1.54, 1.807) is 12.1 Å². The fourth-order valence-corrected chi connectivity index (χ4v) is 1.17. The summed E-state index contributed by atoms with van der Waals surface area (Å²) in [5.41, 5.74) is 0. The van der Waals surface area contributed by atoms with Crippen LogP contribution in [0.15, 0.2) is 24.3 Å². The average Bonchev–Trinajstić information content (AvgIpc) is 2.03. The molecule has 5 nitrogen and oxygen atoms in total. The molecule has 0 fully saturated rings. The molecule has 1 aromatic carbocycles. The minimum atomic E-state index is -4.45. The van der Waals surface area contributed by atoms with Gasteiger partial charge in [0.2, 0.25) is 0 Å². The molecule has 1 rings (SSSR count). The predicted octanol–water partition coefficient (Wildman–Crippen LogP) is 2.01. The molecule has 0 aromatic heterocycles. The van der Waals surface area contributed by atoms with Gasteiger partial charge in [-0.1, -0.05) is 0 Å². The van der Waals surface area contributed by atoms with Crippen LogP contribution in [0.25, 0.3) is 0 Å². The Kier molecular flexibility index (Phi) is 7.83. The molecule has 0 amide bonds. The summed E-state index contributed by atoms with van der Waals surface area (Å²) in [6.07, 6.45) is 0. The predicted molar refractivity (Wildman–Crippen MR) is 60.2 cm³/mol. The quantitative estimate of drug-likeness (QED) is 0.826. The van der Waals surface area contributed by atoms with Crippen molar-refractivity contribution in [2.45, 2.75) is 0 Å². The number of phosphoric ester groups is 1. The zero-order valence-electron chi connectivity index (χ0n) is 7.69. The summed E-state index contributed by atoms with van der Waals surface area (Å²) < 4.78 is 19.6. The monoisotopic (exact) mass is 276 g/mol. The lowest BCUT2D eigenvalue weighted by Gasteiger charge is -2.06. The highest BCUT2D eigenvalue weighted by molar-refractivity contribution is 7.46. The minimum absolute atomic E-state index is 0. The van der Waals surface area contributed by atoms with Crippen molar-refractivity contribution in [3.63, 3.8) is 0 Å². The van der Waals surface area contributed by atoms with Crippen LogP contribution in [0.2, 0.25) is 0 Å². The van der Waals surface area contributed by atoms with Gasteiger partial charge in [0.25, 0.3) is 0 Å². The second-order valence-corrected chi connectivity index (χ2v) is 3.42. The second-order valence-electron chi connectivity index (χ2n) is 2.26. The summed E-state index contributed by atoms with van der Waals surface area (Å²) in [6, 6.07) is 5.92. The summed E-state index contributed by atoms with van der Waals surface area (Å²) in [4.78, 5) is 16.9. The maximum Gasteiger partial charge on any atom is 0.524 e. The van der Waals surface area contributed by atoms with E-state index < -0.39 is 7.82 Å². The van der Waals surface area contributed by atoms with E-state index >= 15 is 0 Å². The first-order valence-corrected chi connectivity index (χ1v) is 4.93. The molecule has 8 heteroatoms. The molecule has 0 bridgehead atoms. The Hall–Kier alpha value is -0.450. The number of halogens is 2. The molecule has 0 unspecified atom stereocenters. The van der Waals surface area contributed by atoms with E-state index in [9.17, 15) is 4.57 Å². The Morgan fingerprint density at radius 1 is 1.07 bits per heavy atom. The number of phosphoric acid groups is 1. The first kappa shape index (κ1) is 17.0. The third-order valence-electron chi connectivity index (χ3n) is 1.28. The molecule has 2 N–H and O–H groups in total. The fourth-order valence-electron chi connectivity index (χ4n) is 0.774. The maximum absolute atomic E-state index is 10.4. The molecule has 15 heavy (non-hydrogen) atoms. The van der Waals surface area contributed by atoms with E-state index in [0.29, 0.717) is 5.75 Å². The van der Waals surface area contributed by atoms with Crippen molar-refractivity contribution < 1.29 is 23.6 Å². The molecular formula is C7H11Cl2O5P. The molecule has 88 valence electrons. The SMILES string of the molecule is COc1ccc(OP(=O)(O)O)cc1.Cl.Cl. The number of ether oxygens (including phenoxy) is 1. The van der Waals surface area contributed by atoms with Gasteiger partial charge in [-0.25, -0.2) is 4.57 Å². The molecule has 0 aliphatic rings. The Labute approximate surface area is 99.5 Å². The maximum atomic E-state index is 10.4. The zero-order chi connectivity index (χ0) is 9.90. The molecule has 1 aromatic rings. The van der Waals surface area contributed by atoms with Gasteiger partial charge in [-0.3, -0.25) is 9.79 Å². The Morgan fingerprint density at radius 2 is 1.47 bits per heavy atom. The minimum Gasteiger partial charge on any atom is -0.497 e. The van der Waals surface area contributed by atoms with Crippen molar-refractivity contribution in [2.75, 3.05) is 7.11 Å². The van der Waals surface area contributed by atoms with E-state index in [2.05, 4.69) is 4.52 Å². The molecule has 0 heterocycles. The van der Waals surface area contributed by atoms with E-state index in [-0.39, 0.29) is 30.6 Å². The van der Waals surface area contributed by atoms with Crippen molar-refractivity contribution in [1.82, 2.24) is 0 Å². The zero-order valence-corrected chi connectivity index (χ0v) is 10.2. The molecule has 0 spiro atoms. The summed E-state index contributed by atoms with van der Waals surface area (Å²) in [5.74, 6) is 0.701. The first-order valence-electron chi connectivity index (χ1n) is 3.40. The third-order valence-corrected chi connectivity index (χ3v) is 1.73. The van der Waals surface area contributed by atoms with Crippen LogP contribution in [0.5, 0.6) is 11.5 Å². The highest BCUT2D eigenvalue weighted by Crippen LogP contribution is 2.37. The lowest BCUT2D eigenvalue weighted by Crippen LogP contribution is -1.90. The van der Waals surface area contributed by atoms with Crippen molar-refractivity contribution in [3.05, 3.63) is 24.3 Å². The van der Waals surface area contributed by atoms with Gasteiger partial charge in [-0.15, -0.1) is 24.8 Å². The van der Waals surface area contributed by atoms with Crippen LogP contribution in [-0.4, -0.2) is 16.9 Å². The lowest BCUT2D eigenvalue weighted by molar-refractivity contribution is 0.283. The highest BCUT2D eigenvalue weighted by atomic mass is 35.5. The smallest absolute Gasteiger partial charge is 0.497 e. The second kappa shape index (κ2) is 6.93. The Morgan fingerprint density at radius 3 is 1.80 bits per heavy atom. The molecular weight excluding hydrogens is 266 g/mol. The van der Waals surface area contributed by atoms with Gasteiger partial charge < -0.3 is 9.26 Å². The molecule has 0 radical (unpaired) electrons. The molecule has 0 saturated heterocycles. The molecule has 0 aliphatic carbocycles. The van der Waals surface area contributed by atoms with Crippen molar-refractivity contribution in [3.8, 4) is 11.5 Å². The van der Waals surface area contributed by atoms with Crippen molar-refractivity contribution in [1.29, 1.82) is 0 Å². The van der Waals surface area contributed by atoms with Gasteiger partial charge in [0.15, 0.2) is 0 Å². The van der Waals surface area contributed by atoms with E-state index in [1.807, 2.05) is 0 Å². The first-order chi connectivity index (χ1) is 6.01. The van der Waals surface area contributed by atoms with Gasteiger partial charge in [-0.05, 0) is 24.3 Å². The topological polar surface area (TPSA) is 76.0 Å². The standard InChI is InChI=1S/C7H9O5P.2ClH/c1-11-6-2-4-7(5-3-6)12-13(8,9)10;;/h2-5H,1H3,(H2,8,9,10);2*1H. The fraction of sp³-hybridized carbons (Fsp3) is 0.143. The van der Waals surface area contributed by atoms with Crippen LogP contribution < -0.4 is 9.26 Å². The summed E-state index contributed by atoms with van der Waals surface area (Å²) in [7, 11) is -2.95. The molecule has 0 aliphatic heterocycles. The van der Waals surface area contributed by atoms with E-state index in [4.69, 9.17) is 14.5 Å². The van der Waals surface area contributed by atoms with Gasteiger partial charge in [0, 0.05) is 0 Å². The van der Waals surface area contributed by atoms with Crippen LogP contribution in [0.1, 0.15) is 0 Å². The number of hydrogen-bond acceptors (Lipinski definition) is 3. The van der Waals surface area contributed by atoms with E-state index in [1.165, 1.54) is 19.2 Å². The number of rotatable bonds is 3. The van der Waals surface area contributed by atoms with Gasteiger partial charge in [0.1, 0.15) is 11.5 Å². The Balaban J connectivity index is 0. The van der Waals surface area contributed by atoms with Gasteiger partial charge in [0.05, 0.1) is 7.11 Å². The molecule has 0 saturated carbocycles. The normalized spacial score (nSPS) is 9.53. The van der Waals surface area contributed by atoms with Gasteiger partial charge in [-0.2, -0.15) is 0 Å².